The number of carbonyl (C=O) groups is 5. The van der Waals surface area contributed by atoms with Crippen molar-refractivity contribution < 1.29 is 57.5 Å². The zero-order chi connectivity index (χ0) is 38.7. The quantitative estimate of drug-likeness (QED) is 0.213. The second kappa shape index (κ2) is 16.6. The molecule has 7 heterocycles. The van der Waals surface area contributed by atoms with Crippen LogP contribution in [-0.4, -0.2) is 94.2 Å². The first kappa shape index (κ1) is 40.9. The van der Waals surface area contributed by atoms with E-state index < -0.39 is 65.0 Å². The van der Waals surface area contributed by atoms with Gasteiger partial charge in [0.1, 0.15) is 23.6 Å². The summed E-state index contributed by atoms with van der Waals surface area (Å²) in [5.74, 6) is -3.70. The Morgan fingerprint density at radius 1 is 1.02 bits per heavy atom. The lowest BCUT2D eigenvalue weighted by atomic mass is 9.78. The fourth-order valence-corrected chi connectivity index (χ4v) is 8.13. The highest BCUT2D eigenvalue weighted by atomic mass is 16.7. The number of esters is 2. The molecule has 1 amide bonds. The molecular weight excluding hydrogens is 686 g/mol. The maximum absolute atomic E-state index is 13.6. The molecule has 12 unspecified atom stereocenters. The molecule has 2 N–H and O–H groups in total. The van der Waals surface area contributed by atoms with Gasteiger partial charge in [-0.1, -0.05) is 32.9 Å². The predicted octanol–water partition coefficient (Wildman–Crippen LogP) is 4.48. The molecule has 7 rings (SSSR count). The van der Waals surface area contributed by atoms with Crippen LogP contribution < -0.4 is 5.32 Å². The van der Waals surface area contributed by atoms with E-state index >= 15 is 0 Å². The number of nitrogens with one attached hydrogen (secondary N) is 1. The van der Waals surface area contributed by atoms with Crippen molar-refractivity contribution in [3.63, 3.8) is 0 Å². The molecule has 294 valence electrons. The van der Waals surface area contributed by atoms with Crippen LogP contribution in [0.5, 0.6) is 0 Å². The molecule has 53 heavy (non-hydrogen) atoms. The predicted molar refractivity (Wildman–Crippen MR) is 191 cm³/mol. The summed E-state index contributed by atoms with van der Waals surface area (Å²) in [5.41, 5.74) is -2.35. The van der Waals surface area contributed by atoms with E-state index in [9.17, 15) is 29.1 Å². The number of amides is 1. The smallest absolute Gasteiger partial charge is 0.331 e. The van der Waals surface area contributed by atoms with Gasteiger partial charge in [-0.05, 0) is 64.5 Å². The Bertz CT molecular complexity index is 1500. The topological polar surface area (TPSA) is 176 Å². The third-order valence-electron chi connectivity index (χ3n) is 11.6. The van der Waals surface area contributed by atoms with Crippen LogP contribution in [-0.2, 0) is 52.4 Å². The highest BCUT2D eigenvalue weighted by Crippen LogP contribution is 2.53. The molecule has 7 aliphatic heterocycles. The number of hydrogen-bond acceptors (Lipinski definition) is 12. The standard InChI is InChI=1S/C40H57NO12/c1-8-12-33(45)41-18-11-9-10-13-30-29(44)19-23(2)28(43)22-27-20-25(4)40(51-27)17-16-38(6)32(53-40)15-14-31(52-38)35-36(50-35)37(48-26(5)42)39(7,47)24(3)21-34(46)49-30/h9-11,18,21,23,25,27,30-32,35-37,47H,8,12-17,19-20,22H2,1-7H3,(H,41,45). The van der Waals surface area contributed by atoms with E-state index in [0.29, 0.717) is 44.9 Å². The Morgan fingerprint density at radius 3 is 2.49 bits per heavy atom. The molecule has 13 heteroatoms. The van der Waals surface area contributed by atoms with Crippen molar-refractivity contribution >= 4 is 29.4 Å². The third-order valence-corrected chi connectivity index (χ3v) is 11.6. The highest BCUT2D eigenvalue weighted by molar-refractivity contribution is 5.92. The summed E-state index contributed by atoms with van der Waals surface area (Å²) >= 11 is 0. The number of aliphatic hydroxyl groups is 1. The van der Waals surface area contributed by atoms with Gasteiger partial charge in [0.2, 0.25) is 5.91 Å². The number of hydrogen-bond donors (Lipinski definition) is 2. The molecule has 4 fully saturated rings. The van der Waals surface area contributed by atoms with Crippen LogP contribution in [0.25, 0.3) is 0 Å². The number of Topliss-reactive ketones (excluding diaryl/α,β-unsaturated/α-hetero) is 2. The van der Waals surface area contributed by atoms with Crippen molar-refractivity contribution in [3.05, 3.63) is 36.1 Å². The molecular formula is C40H57NO12. The van der Waals surface area contributed by atoms with E-state index in [1.165, 1.54) is 27.0 Å². The van der Waals surface area contributed by atoms with Gasteiger partial charge in [-0.15, -0.1) is 0 Å². The first-order valence-corrected chi connectivity index (χ1v) is 19.1. The van der Waals surface area contributed by atoms with Crippen LogP contribution in [0.15, 0.2) is 36.1 Å². The number of allylic oxidation sites excluding steroid dienone is 2. The second-order valence-corrected chi connectivity index (χ2v) is 15.9. The summed E-state index contributed by atoms with van der Waals surface area (Å²) < 4.78 is 37.4. The Kier molecular flexibility index (Phi) is 12.9. The lowest BCUT2D eigenvalue weighted by molar-refractivity contribution is -0.344. The van der Waals surface area contributed by atoms with E-state index in [2.05, 4.69) is 12.2 Å². The molecule has 5 bridgehead atoms. The van der Waals surface area contributed by atoms with E-state index in [-0.39, 0.29) is 60.8 Å². The van der Waals surface area contributed by atoms with Gasteiger partial charge in [0.15, 0.2) is 23.8 Å². The number of fused-ring (bicyclic) bond motifs is 2. The number of carbonyl (C=O) groups excluding carboxylic acids is 5. The van der Waals surface area contributed by atoms with Crippen LogP contribution in [0.3, 0.4) is 0 Å². The summed E-state index contributed by atoms with van der Waals surface area (Å²) in [6.07, 6.45) is 7.07. The van der Waals surface area contributed by atoms with E-state index in [1.54, 1.807) is 25.2 Å². The fraction of sp³-hybridized carbons (Fsp3) is 0.725. The monoisotopic (exact) mass is 743 g/mol. The highest BCUT2D eigenvalue weighted by Gasteiger charge is 2.62. The second-order valence-electron chi connectivity index (χ2n) is 15.9. The van der Waals surface area contributed by atoms with Crippen molar-refractivity contribution in [3.8, 4) is 0 Å². The fourth-order valence-electron chi connectivity index (χ4n) is 8.13. The minimum Gasteiger partial charge on any atom is -0.456 e. The molecule has 0 aromatic carbocycles. The molecule has 13 nitrogen and oxygen atoms in total. The van der Waals surface area contributed by atoms with Crippen LogP contribution in [0.2, 0.25) is 0 Å². The third kappa shape index (κ3) is 9.54. The molecule has 1 spiro atoms. The van der Waals surface area contributed by atoms with Crippen molar-refractivity contribution in [1.29, 1.82) is 0 Å². The lowest BCUT2D eigenvalue weighted by Gasteiger charge is -2.53. The van der Waals surface area contributed by atoms with E-state index in [4.69, 9.17) is 28.4 Å². The van der Waals surface area contributed by atoms with Crippen LogP contribution in [0, 0.1) is 11.8 Å². The van der Waals surface area contributed by atoms with Crippen molar-refractivity contribution in [1.82, 2.24) is 5.32 Å². The minimum absolute atomic E-state index is 0.000260. The molecule has 0 aromatic rings. The van der Waals surface area contributed by atoms with Gasteiger partial charge in [0, 0.05) is 63.1 Å². The van der Waals surface area contributed by atoms with E-state index in [0.717, 1.165) is 6.08 Å². The first-order valence-electron chi connectivity index (χ1n) is 19.1. The van der Waals surface area contributed by atoms with E-state index in [1.807, 2.05) is 13.8 Å². The van der Waals surface area contributed by atoms with Crippen LogP contribution >= 0.6 is 0 Å². The van der Waals surface area contributed by atoms with Crippen molar-refractivity contribution in [2.24, 2.45) is 11.8 Å². The van der Waals surface area contributed by atoms with Gasteiger partial charge < -0.3 is 38.8 Å². The maximum Gasteiger partial charge on any atom is 0.331 e. The number of epoxide rings is 1. The van der Waals surface area contributed by atoms with Gasteiger partial charge in [0.25, 0.3) is 0 Å². The van der Waals surface area contributed by atoms with Gasteiger partial charge in [0.05, 0.1) is 23.9 Å². The summed E-state index contributed by atoms with van der Waals surface area (Å²) in [4.78, 5) is 64.5. The summed E-state index contributed by atoms with van der Waals surface area (Å²) in [6.45, 7) is 11.9. The number of ketones is 2. The molecule has 0 radical (unpaired) electrons. The van der Waals surface area contributed by atoms with Gasteiger partial charge in [-0.2, -0.15) is 0 Å². The SMILES string of the molecule is CCCC(=O)NC=CC=CCC1OC(=O)C=C(C)C(C)(O)C(OC(C)=O)C2OC2C2CCC3OC4(CCC3(C)O2)OC(CC(=O)C(C)CC1=O)CC4C. The lowest BCUT2D eigenvalue weighted by Crippen LogP contribution is -2.60. The minimum atomic E-state index is -1.86. The van der Waals surface area contributed by atoms with Gasteiger partial charge >= 0.3 is 11.9 Å². The zero-order valence-corrected chi connectivity index (χ0v) is 32.1. The molecule has 4 saturated heterocycles. The maximum atomic E-state index is 13.6. The Labute approximate surface area is 312 Å². The average molecular weight is 744 g/mol. The molecule has 0 saturated carbocycles. The van der Waals surface area contributed by atoms with Gasteiger partial charge in [-0.25, -0.2) is 4.79 Å². The Balaban J connectivity index is 1.41. The Morgan fingerprint density at radius 2 is 1.77 bits per heavy atom. The average Bonchev–Trinajstić information content (AvgIpc) is 3.82. The summed E-state index contributed by atoms with van der Waals surface area (Å²) in [6, 6.07) is 0. The molecule has 7 aliphatic rings. The summed E-state index contributed by atoms with van der Waals surface area (Å²) in [7, 11) is 0. The van der Waals surface area contributed by atoms with Gasteiger partial charge in [-0.3, -0.25) is 19.2 Å². The zero-order valence-electron chi connectivity index (χ0n) is 32.1. The van der Waals surface area contributed by atoms with Crippen molar-refractivity contribution in [2.45, 2.75) is 172 Å². The Hall–Kier alpha value is -3.23. The molecule has 12 atom stereocenters. The number of rotatable bonds is 7. The normalized spacial score (nSPS) is 41.0. The molecule has 0 aliphatic carbocycles. The van der Waals surface area contributed by atoms with Crippen molar-refractivity contribution in [2.75, 3.05) is 0 Å². The number of ether oxygens (including phenoxy) is 6. The summed E-state index contributed by atoms with van der Waals surface area (Å²) in [5, 5.41) is 14.5. The largest absolute Gasteiger partial charge is 0.456 e. The first-order chi connectivity index (χ1) is 25.0. The molecule has 0 aromatic heterocycles. The van der Waals surface area contributed by atoms with Crippen LogP contribution in [0.1, 0.15) is 113 Å². The van der Waals surface area contributed by atoms with Crippen LogP contribution in [0.4, 0.5) is 0 Å².